The number of thiophene rings is 1. The van der Waals surface area contributed by atoms with Crippen molar-refractivity contribution in [1.82, 2.24) is 5.32 Å². The highest BCUT2D eigenvalue weighted by Gasteiger charge is 2.23. The number of nitrogens with one attached hydrogen (secondary N) is 2. The van der Waals surface area contributed by atoms with E-state index in [1.165, 1.54) is 11.3 Å². The molecule has 21 heavy (non-hydrogen) atoms. The molecule has 0 spiro atoms. The number of rotatable bonds is 4. The molecule has 0 bridgehead atoms. The Morgan fingerprint density at radius 3 is 2.62 bits per heavy atom. The van der Waals surface area contributed by atoms with E-state index >= 15 is 0 Å². The molecule has 2 N–H and O–H groups in total. The maximum atomic E-state index is 12.1. The molecule has 1 aromatic heterocycles. The lowest BCUT2D eigenvalue weighted by atomic mass is 10.2. The monoisotopic (exact) mass is 300 g/mol. The summed E-state index contributed by atoms with van der Waals surface area (Å²) in [6.07, 6.45) is 2.11. The predicted molar refractivity (Wildman–Crippen MR) is 83.9 cm³/mol. The van der Waals surface area contributed by atoms with Crippen LogP contribution in [0.3, 0.4) is 0 Å². The van der Waals surface area contributed by atoms with Crippen LogP contribution in [-0.2, 0) is 0 Å². The van der Waals surface area contributed by atoms with Crippen LogP contribution >= 0.6 is 11.3 Å². The van der Waals surface area contributed by atoms with Gasteiger partial charge in [0.05, 0.1) is 4.88 Å². The number of hydrogen-bond donors (Lipinski definition) is 2. The molecule has 1 saturated carbocycles. The molecule has 1 heterocycles. The summed E-state index contributed by atoms with van der Waals surface area (Å²) in [6.45, 7) is 1.96. The van der Waals surface area contributed by atoms with Crippen LogP contribution in [-0.4, -0.2) is 17.9 Å². The highest BCUT2D eigenvalue weighted by molar-refractivity contribution is 7.14. The van der Waals surface area contributed by atoms with Crippen molar-refractivity contribution in [1.29, 1.82) is 0 Å². The van der Waals surface area contributed by atoms with Gasteiger partial charge in [-0.05, 0) is 50.1 Å². The topological polar surface area (TPSA) is 58.2 Å². The number of carbonyl (C=O) groups is 2. The number of benzene rings is 1. The molecule has 5 heteroatoms. The molecule has 0 radical (unpaired) electrons. The molecule has 1 aromatic carbocycles. The maximum absolute atomic E-state index is 12.1. The fourth-order valence-electron chi connectivity index (χ4n) is 1.98. The van der Waals surface area contributed by atoms with Crippen LogP contribution in [0.25, 0.3) is 0 Å². The van der Waals surface area contributed by atoms with Gasteiger partial charge in [-0.15, -0.1) is 11.3 Å². The number of anilines is 1. The first kappa shape index (κ1) is 13.8. The van der Waals surface area contributed by atoms with Crippen molar-refractivity contribution < 1.29 is 9.59 Å². The molecular weight excluding hydrogens is 284 g/mol. The van der Waals surface area contributed by atoms with Crippen LogP contribution in [0.1, 0.15) is 37.7 Å². The standard InChI is InChI=1S/C16H16N2O2S/c1-10-5-8-14(21-10)16(20)18-13-4-2-3-11(9-13)15(19)17-12-6-7-12/h2-5,8-9,12H,6-7H2,1H3,(H,17,19)(H,18,20). The van der Waals surface area contributed by atoms with Crippen molar-refractivity contribution in [3.8, 4) is 0 Å². The normalized spacial score (nSPS) is 13.8. The highest BCUT2D eigenvalue weighted by atomic mass is 32.1. The van der Waals surface area contributed by atoms with E-state index in [-0.39, 0.29) is 11.8 Å². The average Bonchev–Trinajstić information content (AvgIpc) is 3.17. The van der Waals surface area contributed by atoms with Gasteiger partial charge < -0.3 is 10.6 Å². The minimum absolute atomic E-state index is 0.0828. The minimum Gasteiger partial charge on any atom is -0.349 e. The zero-order chi connectivity index (χ0) is 14.8. The Balaban J connectivity index is 1.70. The molecule has 0 unspecified atom stereocenters. The van der Waals surface area contributed by atoms with Gasteiger partial charge in [-0.3, -0.25) is 9.59 Å². The Morgan fingerprint density at radius 1 is 1.14 bits per heavy atom. The van der Waals surface area contributed by atoms with Gasteiger partial charge in [0.2, 0.25) is 0 Å². The molecular formula is C16H16N2O2S. The fraction of sp³-hybridized carbons (Fsp3) is 0.250. The van der Waals surface area contributed by atoms with Crippen molar-refractivity contribution >= 4 is 28.8 Å². The molecule has 2 amide bonds. The lowest BCUT2D eigenvalue weighted by Gasteiger charge is -2.07. The van der Waals surface area contributed by atoms with Crippen molar-refractivity contribution in [2.45, 2.75) is 25.8 Å². The molecule has 108 valence electrons. The number of aryl methyl sites for hydroxylation is 1. The van der Waals surface area contributed by atoms with E-state index in [9.17, 15) is 9.59 Å². The third kappa shape index (κ3) is 3.49. The summed E-state index contributed by atoms with van der Waals surface area (Å²) in [4.78, 5) is 25.8. The number of amides is 2. The smallest absolute Gasteiger partial charge is 0.265 e. The third-order valence-electron chi connectivity index (χ3n) is 3.26. The quantitative estimate of drug-likeness (QED) is 0.911. The molecule has 2 aromatic rings. The zero-order valence-electron chi connectivity index (χ0n) is 11.7. The van der Waals surface area contributed by atoms with Crippen LogP contribution in [0.5, 0.6) is 0 Å². The largest absolute Gasteiger partial charge is 0.349 e. The number of hydrogen-bond acceptors (Lipinski definition) is 3. The van der Waals surface area contributed by atoms with Crippen LogP contribution < -0.4 is 10.6 Å². The Bertz CT molecular complexity index is 689. The first-order chi connectivity index (χ1) is 10.1. The second-order valence-corrected chi connectivity index (χ2v) is 6.48. The van der Waals surface area contributed by atoms with Gasteiger partial charge in [0.25, 0.3) is 11.8 Å². The zero-order valence-corrected chi connectivity index (χ0v) is 12.5. The Hall–Kier alpha value is -2.14. The van der Waals surface area contributed by atoms with Gasteiger partial charge in [-0.2, -0.15) is 0 Å². The third-order valence-corrected chi connectivity index (χ3v) is 4.26. The van der Waals surface area contributed by atoms with Crippen molar-refractivity contribution in [3.05, 3.63) is 51.7 Å². The van der Waals surface area contributed by atoms with Crippen LogP contribution in [0.2, 0.25) is 0 Å². The van der Waals surface area contributed by atoms with Gasteiger partial charge in [-0.25, -0.2) is 0 Å². The molecule has 1 aliphatic carbocycles. The molecule has 0 saturated heterocycles. The fourth-order valence-corrected chi connectivity index (χ4v) is 2.75. The van der Waals surface area contributed by atoms with Crippen LogP contribution in [0, 0.1) is 6.92 Å². The Labute approximate surface area is 127 Å². The summed E-state index contributed by atoms with van der Waals surface area (Å²) in [7, 11) is 0. The molecule has 4 nitrogen and oxygen atoms in total. The second-order valence-electron chi connectivity index (χ2n) is 5.19. The molecule has 0 atom stereocenters. The Kier molecular flexibility index (Phi) is 3.75. The average molecular weight is 300 g/mol. The first-order valence-electron chi connectivity index (χ1n) is 6.90. The van der Waals surface area contributed by atoms with E-state index in [1.54, 1.807) is 30.3 Å². The van der Waals surface area contributed by atoms with Gasteiger partial charge in [-0.1, -0.05) is 6.07 Å². The van der Waals surface area contributed by atoms with E-state index in [4.69, 9.17) is 0 Å². The lowest BCUT2D eigenvalue weighted by molar-refractivity contribution is 0.0949. The van der Waals surface area contributed by atoms with Gasteiger partial charge >= 0.3 is 0 Å². The van der Waals surface area contributed by atoms with E-state index in [0.717, 1.165) is 17.7 Å². The summed E-state index contributed by atoms with van der Waals surface area (Å²) >= 11 is 1.45. The minimum atomic E-state index is -0.146. The second kappa shape index (κ2) is 5.69. The SMILES string of the molecule is Cc1ccc(C(=O)Nc2cccc(C(=O)NC3CC3)c2)s1. The molecule has 1 fully saturated rings. The van der Waals surface area contributed by atoms with E-state index < -0.39 is 0 Å². The van der Waals surface area contributed by atoms with Crippen molar-refractivity contribution in [3.63, 3.8) is 0 Å². The van der Waals surface area contributed by atoms with Gasteiger partial charge in [0.1, 0.15) is 0 Å². The summed E-state index contributed by atoms with van der Waals surface area (Å²) in [5.41, 5.74) is 1.21. The van der Waals surface area contributed by atoms with Gasteiger partial charge in [0.15, 0.2) is 0 Å². The summed E-state index contributed by atoms with van der Waals surface area (Å²) < 4.78 is 0. The Morgan fingerprint density at radius 2 is 1.95 bits per heavy atom. The maximum Gasteiger partial charge on any atom is 0.265 e. The van der Waals surface area contributed by atoms with E-state index in [1.807, 2.05) is 13.0 Å². The highest BCUT2D eigenvalue weighted by Crippen LogP contribution is 2.21. The molecule has 3 rings (SSSR count). The predicted octanol–water partition coefficient (Wildman–Crippen LogP) is 3.20. The lowest BCUT2D eigenvalue weighted by Crippen LogP contribution is -2.25. The molecule has 1 aliphatic rings. The van der Waals surface area contributed by atoms with Crippen LogP contribution in [0.15, 0.2) is 36.4 Å². The van der Waals surface area contributed by atoms with Crippen LogP contribution in [0.4, 0.5) is 5.69 Å². The summed E-state index contributed by atoms with van der Waals surface area (Å²) in [5, 5.41) is 5.76. The van der Waals surface area contributed by atoms with Crippen molar-refractivity contribution in [2.75, 3.05) is 5.32 Å². The first-order valence-corrected chi connectivity index (χ1v) is 7.72. The summed E-state index contributed by atoms with van der Waals surface area (Å²) in [6, 6.07) is 11.1. The van der Waals surface area contributed by atoms with E-state index in [2.05, 4.69) is 10.6 Å². The van der Waals surface area contributed by atoms with Gasteiger partial charge in [0, 0.05) is 22.2 Å². The number of carbonyl (C=O) groups excluding carboxylic acids is 2. The summed E-state index contributed by atoms with van der Waals surface area (Å²) in [5.74, 6) is -0.228. The molecule has 0 aliphatic heterocycles. The van der Waals surface area contributed by atoms with E-state index in [0.29, 0.717) is 22.2 Å². The van der Waals surface area contributed by atoms with Crippen molar-refractivity contribution in [2.24, 2.45) is 0 Å².